The van der Waals surface area contributed by atoms with E-state index in [0.29, 0.717) is 6.42 Å². The smallest absolute Gasteiger partial charge is 0.0757 e. The summed E-state index contributed by atoms with van der Waals surface area (Å²) in [6.07, 6.45) is 5.92. The fraction of sp³-hybridized carbons (Fsp3) is 0.667. The van der Waals surface area contributed by atoms with Crippen molar-refractivity contribution in [3.8, 4) is 6.07 Å². The van der Waals surface area contributed by atoms with Crippen molar-refractivity contribution in [1.29, 1.82) is 5.26 Å². The zero-order chi connectivity index (χ0) is 8.10. The molecule has 0 saturated carbocycles. The summed E-state index contributed by atoms with van der Waals surface area (Å²) >= 11 is 0. The van der Waals surface area contributed by atoms with E-state index < -0.39 is 0 Å². The monoisotopic (exact) mass is 151 g/mol. The zero-order valence-electron chi connectivity index (χ0n) is 6.62. The molecule has 1 heterocycles. The minimum Gasteiger partial charge on any atom is -0.370 e. The van der Waals surface area contributed by atoms with E-state index in [1.54, 1.807) is 0 Å². The summed E-state index contributed by atoms with van der Waals surface area (Å²) in [6, 6.07) is 2.12. The summed E-state index contributed by atoms with van der Waals surface area (Å²) in [6.45, 7) is 3.67. The van der Waals surface area contributed by atoms with Crippen molar-refractivity contribution in [3.63, 3.8) is 0 Å². The molecule has 0 aromatic rings. The van der Waals surface area contributed by atoms with Crippen LogP contribution in [0.4, 0.5) is 0 Å². The average molecular weight is 151 g/mol. The number of nitrogens with zero attached hydrogens (tertiary/aromatic N) is 1. The van der Waals surface area contributed by atoms with Crippen LogP contribution >= 0.6 is 0 Å². The molecule has 0 amide bonds. The lowest BCUT2D eigenvalue weighted by Crippen LogP contribution is -2.25. The van der Waals surface area contributed by atoms with E-state index in [1.165, 1.54) is 0 Å². The molecular formula is C9H13NO. The van der Waals surface area contributed by atoms with E-state index in [2.05, 4.69) is 12.6 Å². The van der Waals surface area contributed by atoms with Crippen LogP contribution in [-0.4, -0.2) is 12.2 Å². The molecule has 0 spiro atoms. The number of rotatable bonds is 2. The third-order valence-electron chi connectivity index (χ3n) is 1.96. The molecule has 0 aliphatic carbocycles. The quantitative estimate of drug-likeness (QED) is 0.566. The molecule has 1 aliphatic heterocycles. The van der Waals surface area contributed by atoms with E-state index in [0.717, 1.165) is 19.3 Å². The Bertz CT molecular complexity index is 171. The minimum absolute atomic E-state index is 0.150. The van der Waals surface area contributed by atoms with Crippen LogP contribution in [0, 0.1) is 11.3 Å². The van der Waals surface area contributed by atoms with E-state index >= 15 is 0 Å². The topological polar surface area (TPSA) is 33.0 Å². The number of hydrogen-bond donors (Lipinski definition) is 0. The first-order chi connectivity index (χ1) is 5.36. The summed E-state index contributed by atoms with van der Waals surface area (Å²) in [5.41, 5.74) is 0. The molecule has 2 nitrogen and oxygen atoms in total. The van der Waals surface area contributed by atoms with Crippen molar-refractivity contribution < 1.29 is 4.74 Å². The van der Waals surface area contributed by atoms with Crippen molar-refractivity contribution in [1.82, 2.24) is 0 Å². The van der Waals surface area contributed by atoms with Gasteiger partial charge in [0.15, 0.2) is 0 Å². The van der Waals surface area contributed by atoms with Gasteiger partial charge in [0, 0.05) is 0 Å². The van der Waals surface area contributed by atoms with E-state index in [-0.39, 0.29) is 12.2 Å². The highest BCUT2D eigenvalue weighted by molar-refractivity contribution is 4.87. The van der Waals surface area contributed by atoms with Crippen LogP contribution in [0.3, 0.4) is 0 Å². The molecule has 0 N–H and O–H groups in total. The Morgan fingerprint density at radius 3 is 3.09 bits per heavy atom. The van der Waals surface area contributed by atoms with Crippen molar-refractivity contribution in [2.45, 2.75) is 37.9 Å². The molecule has 0 aromatic carbocycles. The number of nitriles is 1. The summed E-state index contributed by atoms with van der Waals surface area (Å²) in [4.78, 5) is 0. The molecule has 0 radical (unpaired) electrons. The first kappa shape index (κ1) is 8.29. The lowest BCUT2D eigenvalue weighted by atomic mass is 10.0. The molecule has 11 heavy (non-hydrogen) atoms. The van der Waals surface area contributed by atoms with Gasteiger partial charge >= 0.3 is 0 Å². The Kier molecular flexibility index (Phi) is 3.13. The van der Waals surface area contributed by atoms with Gasteiger partial charge in [0.05, 0.1) is 24.7 Å². The van der Waals surface area contributed by atoms with Gasteiger partial charge in [-0.05, 0) is 19.3 Å². The SMILES string of the molecule is C=CC1CCCC(CC#N)O1. The van der Waals surface area contributed by atoms with Crippen LogP contribution in [0.15, 0.2) is 12.7 Å². The first-order valence-corrected chi connectivity index (χ1v) is 4.01. The second-order valence-corrected chi connectivity index (χ2v) is 2.83. The van der Waals surface area contributed by atoms with Crippen LogP contribution in [0.1, 0.15) is 25.7 Å². The number of hydrogen-bond acceptors (Lipinski definition) is 2. The molecular weight excluding hydrogens is 138 g/mol. The van der Waals surface area contributed by atoms with Gasteiger partial charge in [0.1, 0.15) is 0 Å². The molecule has 2 unspecified atom stereocenters. The molecule has 1 fully saturated rings. The Morgan fingerprint density at radius 1 is 1.64 bits per heavy atom. The second-order valence-electron chi connectivity index (χ2n) is 2.83. The van der Waals surface area contributed by atoms with Gasteiger partial charge in [-0.3, -0.25) is 0 Å². The van der Waals surface area contributed by atoms with Gasteiger partial charge < -0.3 is 4.74 Å². The van der Waals surface area contributed by atoms with Crippen LogP contribution in [-0.2, 0) is 4.74 Å². The highest BCUT2D eigenvalue weighted by Gasteiger charge is 2.19. The molecule has 2 atom stereocenters. The van der Waals surface area contributed by atoms with Gasteiger partial charge in [-0.25, -0.2) is 0 Å². The molecule has 1 rings (SSSR count). The Labute approximate surface area is 67.5 Å². The van der Waals surface area contributed by atoms with E-state index in [4.69, 9.17) is 10.00 Å². The fourth-order valence-corrected chi connectivity index (χ4v) is 1.36. The van der Waals surface area contributed by atoms with Gasteiger partial charge in [-0.15, -0.1) is 6.58 Å². The summed E-state index contributed by atoms with van der Waals surface area (Å²) in [5.74, 6) is 0. The highest BCUT2D eigenvalue weighted by atomic mass is 16.5. The number of ether oxygens (including phenoxy) is 1. The predicted octanol–water partition coefficient (Wildman–Crippen LogP) is 2.02. The van der Waals surface area contributed by atoms with Crippen LogP contribution in [0.25, 0.3) is 0 Å². The summed E-state index contributed by atoms with van der Waals surface area (Å²) in [5, 5.41) is 8.42. The Morgan fingerprint density at radius 2 is 2.45 bits per heavy atom. The molecule has 0 aromatic heterocycles. The average Bonchev–Trinajstić information content (AvgIpc) is 2.06. The third kappa shape index (κ3) is 2.36. The maximum Gasteiger partial charge on any atom is 0.0757 e. The van der Waals surface area contributed by atoms with Gasteiger partial charge in [-0.2, -0.15) is 5.26 Å². The second kappa shape index (κ2) is 4.15. The normalized spacial score (nSPS) is 30.8. The minimum atomic E-state index is 0.150. The highest BCUT2D eigenvalue weighted by Crippen LogP contribution is 2.21. The molecule has 1 aliphatic rings. The summed E-state index contributed by atoms with van der Waals surface area (Å²) in [7, 11) is 0. The lowest BCUT2D eigenvalue weighted by Gasteiger charge is -2.26. The Balaban J connectivity index is 2.34. The standard InChI is InChI=1S/C9H13NO/c1-2-8-4-3-5-9(11-8)6-7-10/h2,8-9H,1,3-6H2. The van der Waals surface area contributed by atoms with Crippen LogP contribution < -0.4 is 0 Å². The van der Waals surface area contributed by atoms with Crippen molar-refractivity contribution >= 4 is 0 Å². The van der Waals surface area contributed by atoms with E-state index in [9.17, 15) is 0 Å². The fourth-order valence-electron chi connectivity index (χ4n) is 1.36. The van der Waals surface area contributed by atoms with Gasteiger partial charge in [0.25, 0.3) is 0 Å². The van der Waals surface area contributed by atoms with Crippen LogP contribution in [0.5, 0.6) is 0 Å². The van der Waals surface area contributed by atoms with Crippen molar-refractivity contribution in [2.75, 3.05) is 0 Å². The molecule has 60 valence electrons. The lowest BCUT2D eigenvalue weighted by molar-refractivity contribution is -0.0217. The largest absolute Gasteiger partial charge is 0.370 e. The van der Waals surface area contributed by atoms with Crippen LogP contribution in [0.2, 0.25) is 0 Å². The van der Waals surface area contributed by atoms with Crippen molar-refractivity contribution in [3.05, 3.63) is 12.7 Å². The third-order valence-corrected chi connectivity index (χ3v) is 1.96. The van der Waals surface area contributed by atoms with E-state index in [1.807, 2.05) is 6.08 Å². The molecule has 1 saturated heterocycles. The van der Waals surface area contributed by atoms with Crippen molar-refractivity contribution in [2.24, 2.45) is 0 Å². The maximum absolute atomic E-state index is 8.42. The Hall–Kier alpha value is -0.810. The molecule has 0 bridgehead atoms. The van der Waals surface area contributed by atoms with Gasteiger partial charge in [0.2, 0.25) is 0 Å². The zero-order valence-corrected chi connectivity index (χ0v) is 6.62. The molecule has 2 heteroatoms. The summed E-state index contributed by atoms with van der Waals surface area (Å²) < 4.78 is 5.54. The predicted molar refractivity (Wildman–Crippen MR) is 42.9 cm³/mol. The first-order valence-electron chi connectivity index (χ1n) is 4.01. The van der Waals surface area contributed by atoms with Gasteiger partial charge in [-0.1, -0.05) is 6.08 Å². The maximum atomic E-state index is 8.42.